The van der Waals surface area contributed by atoms with Crippen LogP contribution in [0, 0.1) is 0 Å². The molecule has 0 N–H and O–H groups in total. The molecule has 1 aromatic heterocycles. The Kier molecular flexibility index (Phi) is 2.27. The molecule has 0 amide bonds. The van der Waals surface area contributed by atoms with Gasteiger partial charge in [0.1, 0.15) is 0 Å². The highest BCUT2D eigenvalue weighted by Crippen LogP contribution is 2.39. The normalized spacial score (nSPS) is 19.6. The lowest BCUT2D eigenvalue weighted by molar-refractivity contribution is -0.435. The molecule has 2 unspecified atom stereocenters. The van der Waals surface area contributed by atoms with Crippen LogP contribution in [0.5, 0.6) is 0 Å². The van der Waals surface area contributed by atoms with E-state index in [1.807, 2.05) is 0 Å². The van der Waals surface area contributed by atoms with Crippen LogP contribution in [0.2, 0.25) is 0 Å². The summed E-state index contributed by atoms with van der Waals surface area (Å²) in [6.45, 7) is -0.0953. The van der Waals surface area contributed by atoms with Crippen LogP contribution < -0.4 is 15.4 Å². The lowest BCUT2D eigenvalue weighted by atomic mass is 10.5. The number of carbonyl (C=O) groups is 1. The van der Waals surface area contributed by atoms with E-state index in [-0.39, 0.29) is 5.78 Å². The quantitative estimate of drug-likeness (QED) is 0.401. The Morgan fingerprint density at radius 1 is 1.69 bits per heavy atom. The van der Waals surface area contributed by atoms with Crippen LogP contribution >= 0.6 is 14.2 Å². The largest absolute Gasteiger partial charge is 0.673 e. The Labute approximate surface area is 86.2 Å². The van der Waals surface area contributed by atoms with Crippen LogP contribution in [0.15, 0.2) is 8.99 Å². The van der Waals surface area contributed by atoms with Gasteiger partial charge in [0.05, 0.1) is 0 Å². The molecule has 1 aromatic rings. The summed E-state index contributed by atoms with van der Waals surface area (Å²) >= 11 is 9.88. The monoisotopic (exact) mass is 251 g/mol. The Bertz CT molecular complexity index is 472. The Morgan fingerprint density at radius 3 is 2.85 bits per heavy atom. The van der Waals surface area contributed by atoms with Crippen molar-refractivity contribution >= 4 is 50.0 Å². The van der Waals surface area contributed by atoms with E-state index < -0.39 is 19.9 Å². The summed E-state index contributed by atoms with van der Waals surface area (Å²) < 4.78 is 6.41. The van der Waals surface area contributed by atoms with Gasteiger partial charge < -0.3 is 24.5 Å². The molecule has 1 aliphatic rings. The van der Waals surface area contributed by atoms with Gasteiger partial charge in [-0.1, -0.05) is 0 Å². The second-order valence-corrected chi connectivity index (χ2v) is 6.95. The molecule has 0 radical (unpaired) electrons. The second-order valence-electron chi connectivity index (χ2n) is 2.42. The maximum Gasteiger partial charge on any atom is 0.455 e. The van der Waals surface area contributed by atoms with Crippen LogP contribution in [0.3, 0.4) is 0 Å². The smallest absolute Gasteiger partial charge is 0.455 e. The van der Waals surface area contributed by atoms with E-state index in [1.54, 1.807) is 4.34 Å². The molecule has 0 aliphatic carbocycles. The van der Waals surface area contributed by atoms with Gasteiger partial charge in [0.25, 0.3) is 12.8 Å². The van der Waals surface area contributed by atoms with E-state index in [0.717, 1.165) is 0 Å². The summed E-state index contributed by atoms with van der Waals surface area (Å²) in [6.07, 6.45) is 0. The van der Waals surface area contributed by atoms with Gasteiger partial charge in [0, 0.05) is 6.92 Å². The fourth-order valence-corrected chi connectivity index (χ4v) is 5.80. The number of ketones is 1. The number of carbonyl (C=O) groups excluding carboxylic acids is 1. The van der Waals surface area contributed by atoms with Crippen LogP contribution in [0.25, 0.3) is 0 Å². The summed E-state index contributed by atoms with van der Waals surface area (Å²) in [6, 6.07) is 0. The number of hydrogen-bond donors (Lipinski definition) is 0. The Balaban J connectivity index is 2.75. The zero-order valence-electron chi connectivity index (χ0n) is 6.38. The highest BCUT2D eigenvalue weighted by Gasteiger charge is 2.50. The minimum absolute atomic E-state index is 0.152. The topological polar surface area (TPSA) is 51.2 Å². The first-order chi connectivity index (χ1) is 6.04. The molecule has 13 heavy (non-hydrogen) atoms. The van der Waals surface area contributed by atoms with Gasteiger partial charge in [-0.25, -0.2) is 4.79 Å². The molecule has 68 valence electrons. The molecule has 4 nitrogen and oxygen atoms in total. The lowest BCUT2D eigenvalue weighted by Crippen LogP contribution is -2.30. The van der Waals surface area contributed by atoms with Crippen molar-refractivity contribution < 1.29 is 13.3 Å². The number of fused-ring (bicyclic) bond motifs is 1. The first-order valence-corrected chi connectivity index (χ1v) is 7.84. The predicted molar refractivity (Wildman–Crippen MR) is 54.4 cm³/mol. The van der Waals surface area contributed by atoms with Gasteiger partial charge in [-0.15, -0.1) is 4.34 Å². The molecular formula is C5H3NO3P2S2. The van der Waals surface area contributed by atoms with Crippen molar-refractivity contribution in [3.8, 4) is 0 Å². The summed E-state index contributed by atoms with van der Waals surface area (Å²) in [5.74, 6) is -0.152. The molecule has 1 aliphatic heterocycles. The zero-order valence-corrected chi connectivity index (χ0v) is 9.80. The number of rotatable bonds is 1. The van der Waals surface area contributed by atoms with E-state index in [9.17, 15) is 9.59 Å². The first kappa shape index (κ1) is 9.66. The minimum Gasteiger partial charge on any atom is -0.673 e. The van der Waals surface area contributed by atoms with Crippen molar-refractivity contribution in [2.24, 2.45) is 0 Å². The standard InChI is InChI=1S/C5H3NO3P2S2/c1-2(7)3-6-4(10(6)12)5(8)9-11(3)13/h1H3. The molecule has 0 fully saturated rings. The van der Waals surface area contributed by atoms with Gasteiger partial charge in [-0.3, -0.25) is 8.99 Å². The molecule has 0 spiro atoms. The van der Waals surface area contributed by atoms with Crippen molar-refractivity contribution in [3.05, 3.63) is 15.8 Å². The maximum absolute atomic E-state index is 11.1. The first-order valence-electron chi connectivity index (χ1n) is 3.25. The van der Waals surface area contributed by atoms with Crippen molar-refractivity contribution in [3.63, 3.8) is 0 Å². The Morgan fingerprint density at radius 2 is 2.31 bits per heavy atom. The average molecular weight is 251 g/mol. The third-order valence-electron chi connectivity index (χ3n) is 1.56. The van der Waals surface area contributed by atoms with Gasteiger partial charge in [-0.05, 0) is 0 Å². The van der Waals surface area contributed by atoms with Crippen LogP contribution in [-0.4, -0.2) is 5.78 Å². The van der Waals surface area contributed by atoms with Gasteiger partial charge >= 0.3 is 16.5 Å². The van der Waals surface area contributed by atoms with E-state index >= 15 is 0 Å². The minimum atomic E-state index is -1.50. The molecule has 2 atom stereocenters. The highest BCUT2D eigenvalue weighted by molar-refractivity contribution is 8.35. The van der Waals surface area contributed by atoms with E-state index in [2.05, 4.69) is 0 Å². The van der Waals surface area contributed by atoms with Gasteiger partial charge in [0.15, 0.2) is 7.27 Å². The van der Waals surface area contributed by atoms with Crippen molar-refractivity contribution in [2.75, 3.05) is 0 Å². The molecule has 0 bridgehead atoms. The number of nitrogens with zero attached hydrogens (tertiary/aromatic N) is 1. The summed E-state index contributed by atoms with van der Waals surface area (Å²) in [7, 11) is -1.02. The molecule has 0 saturated heterocycles. The van der Waals surface area contributed by atoms with Crippen molar-refractivity contribution in [1.82, 2.24) is 0 Å². The van der Waals surface area contributed by atoms with E-state index in [4.69, 9.17) is 28.7 Å². The molecular weight excluding hydrogens is 248 g/mol. The molecule has 8 heteroatoms. The van der Waals surface area contributed by atoms with Crippen molar-refractivity contribution in [2.45, 2.75) is 6.92 Å². The van der Waals surface area contributed by atoms with Gasteiger partial charge in [0.2, 0.25) is 0 Å². The van der Waals surface area contributed by atoms with E-state index in [0.29, 0.717) is 10.9 Å². The molecule has 2 rings (SSSR count). The van der Waals surface area contributed by atoms with Crippen molar-refractivity contribution in [1.29, 1.82) is 0 Å². The molecule has 2 heterocycles. The third kappa shape index (κ3) is 1.37. The maximum atomic E-state index is 11.1. The molecule has 0 saturated carbocycles. The predicted octanol–water partition coefficient (Wildman–Crippen LogP) is 0.0534. The molecule has 0 aromatic carbocycles. The number of Topliss-reactive ketones (excluding diaryl/α,β-unsaturated/α-hetero) is 1. The van der Waals surface area contributed by atoms with E-state index in [1.165, 1.54) is 6.92 Å². The lowest BCUT2D eigenvalue weighted by Gasteiger charge is -1.86. The fourth-order valence-electron chi connectivity index (χ4n) is 0.997. The number of hydrogen-bond acceptors (Lipinski definition) is 5. The average Bonchev–Trinajstić information content (AvgIpc) is 2.61. The van der Waals surface area contributed by atoms with Crippen LogP contribution in [0.4, 0.5) is 0 Å². The summed E-state index contributed by atoms with van der Waals surface area (Å²) in [4.78, 5) is 22.2. The third-order valence-corrected chi connectivity index (χ3v) is 5.98. The summed E-state index contributed by atoms with van der Waals surface area (Å²) in [5.41, 5.74) is 0.409. The second kappa shape index (κ2) is 3.06. The fraction of sp³-hybridized carbons (Fsp3) is 0.200. The zero-order chi connectivity index (χ0) is 9.75. The number of aromatic nitrogens is 1. The van der Waals surface area contributed by atoms with Crippen LogP contribution in [-0.2, 0) is 24.5 Å². The van der Waals surface area contributed by atoms with Gasteiger partial charge in [-0.2, -0.15) is 0 Å². The highest BCUT2D eigenvalue weighted by atomic mass is 32.7. The SMILES string of the molecule is CC(=O)c1[n+]2c(c(=O)o[p+]1[S-])P2[S-]. The summed E-state index contributed by atoms with van der Waals surface area (Å²) in [5, 5.41) is 0. The van der Waals surface area contributed by atoms with Crippen LogP contribution in [0.1, 0.15) is 17.1 Å². The Hall–Kier alpha value is 0.110.